The van der Waals surface area contributed by atoms with Crippen LogP contribution in [0.1, 0.15) is 53.0 Å². The molecule has 1 rings (SSSR count). The zero-order chi connectivity index (χ0) is 16.3. The molecule has 4 nitrogen and oxygen atoms in total. The Bertz CT molecular complexity index is 464. The third kappa shape index (κ3) is 5.98. The minimum absolute atomic E-state index is 0.570. The molecule has 0 saturated carbocycles. The lowest BCUT2D eigenvalue weighted by atomic mass is 9.98. The molecule has 0 fully saturated rings. The molecule has 0 bridgehead atoms. The molecule has 0 amide bonds. The zero-order valence-electron chi connectivity index (χ0n) is 13.6. The van der Waals surface area contributed by atoms with Crippen molar-refractivity contribution < 1.29 is 19.1 Å². The molecule has 0 spiro atoms. The standard InChI is InChI=1S/C17H24O4/c1-16(2,3)20-14(18)13(12-10-8-7-9-11-12)15(19)21-17(4,5)6/h7-11,13H,1-6H3. The van der Waals surface area contributed by atoms with Gasteiger partial charge in [-0.2, -0.15) is 0 Å². The van der Waals surface area contributed by atoms with Crippen LogP contribution >= 0.6 is 0 Å². The SMILES string of the molecule is CC(C)(C)OC(=O)C(C(=O)OC(C)(C)C)c1ccccc1. The second-order valence-electron chi connectivity index (χ2n) is 6.91. The number of carbonyl (C=O) groups is 2. The van der Waals surface area contributed by atoms with Crippen molar-refractivity contribution in [3.8, 4) is 0 Å². The Morgan fingerprint density at radius 3 is 1.52 bits per heavy atom. The van der Waals surface area contributed by atoms with Crippen LogP contribution in [0.25, 0.3) is 0 Å². The maximum Gasteiger partial charge on any atom is 0.325 e. The molecule has 0 atom stereocenters. The molecule has 0 N–H and O–H groups in total. The molecule has 0 aliphatic heterocycles. The first-order chi connectivity index (χ1) is 9.49. The van der Waals surface area contributed by atoms with Crippen LogP contribution in [0.15, 0.2) is 30.3 Å². The van der Waals surface area contributed by atoms with Crippen LogP contribution < -0.4 is 0 Å². The number of esters is 2. The molecule has 0 radical (unpaired) electrons. The van der Waals surface area contributed by atoms with Crippen LogP contribution in [0.3, 0.4) is 0 Å². The van der Waals surface area contributed by atoms with Crippen molar-refractivity contribution in [1.82, 2.24) is 0 Å². The quantitative estimate of drug-likeness (QED) is 0.632. The van der Waals surface area contributed by atoms with E-state index in [4.69, 9.17) is 9.47 Å². The Labute approximate surface area is 126 Å². The minimum Gasteiger partial charge on any atom is -0.459 e. The second-order valence-corrected chi connectivity index (χ2v) is 6.91. The van der Waals surface area contributed by atoms with Gasteiger partial charge in [-0.1, -0.05) is 30.3 Å². The largest absolute Gasteiger partial charge is 0.459 e. The van der Waals surface area contributed by atoms with Crippen LogP contribution in [-0.4, -0.2) is 23.1 Å². The third-order valence-electron chi connectivity index (χ3n) is 2.42. The highest BCUT2D eigenvalue weighted by Crippen LogP contribution is 2.24. The molecule has 0 unspecified atom stereocenters. The van der Waals surface area contributed by atoms with Gasteiger partial charge in [-0.25, -0.2) is 0 Å². The highest BCUT2D eigenvalue weighted by molar-refractivity contribution is 6.01. The molecule has 21 heavy (non-hydrogen) atoms. The van der Waals surface area contributed by atoms with Gasteiger partial charge in [-0.3, -0.25) is 9.59 Å². The van der Waals surface area contributed by atoms with E-state index < -0.39 is 29.1 Å². The van der Waals surface area contributed by atoms with Crippen LogP contribution in [0.2, 0.25) is 0 Å². The van der Waals surface area contributed by atoms with Gasteiger partial charge in [0.25, 0.3) is 0 Å². The van der Waals surface area contributed by atoms with E-state index in [9.17, 15) is 9.59 Å². The van der Waals surface area contributed by atoms with Gasteiger partial charge < -0.3 is 9.47 Å². The first kappa shape index (κ1) is 17.2. The summed E-state index contributed by atoms with van der Waals surface area (Å²) in [6.45, 7) is 10.6. The Kier molecular flexibility index (Phi) is 5.15. The van der Waals surface area contributed by atoms with Gasteiger partial charge in [0.2, 0.25) is 0 Å². The molecule has 1 aromatic carbocycles. The van der Waals surface area contributed by atoms with E-state index in [2.05, 4.69) is 0 Å². The minimum atomic E-state index is -1.07. The van der Waals surface area contributed by atoms with Crippen molar-refractivity contribution in [2.45, 2.75) is 58.7 Å². The average Bonchev–Trinajstić information content (AvgIpc) is 2.25. The maximum absolute atomic E-state index is 12.4. The van der Waals surface area contributed by atoms with E-state index in [-0.39, 0.29) is 0 Å². The van der Waals surface area contributed by atoms with Gasteiger partial charge in [0.05, 0.1) is 0 Å². The van der Waals surface area contributed by atoms with Crippen LogP contribution in [-0.2, 0) is 19.1 Å². The fourth-order valence-corrected chi connectivity index (χ4v) is 1.74. The first-order valence-corrected chi connectivity index (χ1v) is 7.00. The third-order valence-corrected chi connectivity index (χ3v) is 2.42. The van der Waals surface area contributed by atoms with E-state index >= 15 is 0 Å². The summed E-state index contributed by atoms with van der Waals surface area (Å²) in [7, 11) is 0. The van der Waals surface area contributed by atoms with E-state index in [0.29, 0.717) is 5.56 Å². The Morgan fingerprint density at radius 1 is 0.810 bits per heavy atom. The van der Waals surface area contributed by atoms with E-state index in [1.54, 1.807) is 65.8 Å². The number of rotatable bonds is 3. The molecule has 0 saturated heterocycles. The highest BCUT2D eigenvalue weighted by Gasteiger charge is 2.36. The Morgan fingerprint density at radius 2 is 1.19 bits per heavy atom. The van der Waals surface area contributed by atoms with Crippen LogP contribution in [0.4, 0.5) is 0 Å². The van der Waals surface area contributed by atoms with Gasteiger partial charge in [0.15, 0.2) is 5.92 Å². The predicted molar refractivity (Wildman–Crippen MR) is 80.9 cm³/mol. The van der Waals surface area contributed by atoms with Crippen molar-refractivity contribution in [2.75, 3.05) is 0 Å². The lowest BCUT2D eigenvalue weighted by Crippen LogP contribution is -2.35. The zero-order valence-corrected chi connectivity index (χ0v) is 13.6. The number of carbonyl (C=O) groups excluding carboxylic acids is 2. The monoisotopic (exact) mass is 292 g/mol. The van der Waals surface area contributed by atoms with Gasteiger partial charge in [-0.15, -0.1) is 0 Å². The summed E-state index contributed by atoms with van der Waals surface area (Å²) >= 11 is 0. The number of benzene rings is 1. The summed E-state index contributed by atoms with van der Waals surface area (Å²) in [6, 6.07) is 8.82. The molecule has 0 heterocycles. The maximum atomic E-state index is 12.4. The average molecular weight is 292 g/mol. The molecule has 0 aliphatic rings. The van der Waals surface area contributed by atoms with Crippen LogP contribution in [0.5, 0.6) is 0 Å². The van der Waals surface area contributed by atoms with Crippen molar-refractivity contribution in [3.05, 3.63) is 35.9 Å². The second kappa shape index (κ2) is 6.29. The molecule has 116 valence electrons. The fourth-order valence-electron chi connectivity index (χ4n) is 1.74. The predicted octanol–water partition coefficient (Wildman–Crippen LogP) is 3.45. The van der Waals surface area contributed by atoms with Crippen molar-refractivity contribution in [2.24, 2.45) is 0 Å². The summed E-state index contributed by atoms with van der Waals surface area (Å²) in [4.78, 5) is 24.7. The molecule has 0 aromatic heterocycles. The summed E-state index contributed by atoms with van der Waals surface area (Å²) in [6.07, 6.45) is 0. The number of hydrogen-bond donors (Lipinski definition) is 0. The Hall–Kier alpha value is -1.84. The summed E-state index contributed by atoms with van der Waals surface area (Å²) in [5.74, 6) is -2.25. The highest BCUT2D eigenvalue weighted by atomic mass is 16.6. The normalized spacial score (nSPS) is 12.1. The van der Waals surface area contributed by atoms with Crippen molar-refractivity contribution in [3.63, 3.8) is 0 Å². The van der Waals surface area contributed by atoms with E-state index in [1.807, 2.05) is 6.07 Å². The molecule has 1 aromatic rings. The molecule has 4 heteroatoms. The Balaban J connectivity index is 3.07. The number of hydrogen-bond acceptors (Lipinski definition) is 4. The summed E-state index contributed by atoms with van der Waals surface area (Å²) in [5, 5.41) is 0. The van der Waals surface area contributed by atoms with E-state index in [1.165, 1.54) is 0 Å². The fraction of sp³-hybridized carbons (Fsp3) is 0.529. The molecule has 0 aliphatic carbocycles. The van der Waals surface area contributed by atoms with Crippen molar-refractivity contribution >= 4 is 11.9 Å². The first-order valence-electron chi connectivity index (χ1n) is 7.00. The summed E-state index contributed by atoms with van der Waals surface area (Å²) < 4.78 is 10.7. The topological polar surface area (TPSA) is 52.6 Å². The number of ether oxygens (including phenoxy) is 2. The van der Waals surface area contributed by atoms with E-state index in [0.717, 1.165) is 0 Å². The lowest BCUT2D eigenvalue weighted by Gasteiger charge is -2.26. The lowest BCUT2D eigenvalue weighted by molar-refractivity contribution is -0.169. The van der Waals surface area contributed by atoms with Gasteiger partial charge in [0.1, 0.15) is 11.2 Å². The summed E-state index contributed by atoms with van der Waals surface area (Å²) in [5.41, 5.74) is -0.751. The van der Waals surface area contributed by atoms with Gasteiger partial charge >= 0.3 is 11.9 Å². The molecular weight excluding hydrogens is 268 g/mol. The smallest absolute Gasteiger partial charge is 0.325 e. The van der Waals surface area contributed by atoms with Crippen LogP contribution in [0, 0.1) is 0 Å². The molecular formula is C17H24O4. The van der Waals surface area contributed by atoms with Gasteiger partial charge in [-0.05, 0) is 47.1 Å². The van der Waals surface area contributed by atoms with Gasteiger partial charge in [0, 0.05) is 0 Å². The van der Waals surface area contributed by atoms with Crippen molar-refractivity contribution in [1.29, 1.82) is 0 Å².